The lowest BCUT2D eigenvalue weighted by Gasteiger charge is -2.05. The quantitative estimate of drug-likeness (QED) is 0.389. The van der Waals surface area contributed by atoms with E-state index in [4.69, 9.17) is 14.6 Å². The van der Waals surface area contributed by atoms with Gasteiger partial charge in [0.15, 0.2) is 0 Å². The molecule has 11 nitrogen and oxygen atoms in total. The van der Waals surface area contributed by atoms with E-state index < -0.39 is 17.9 Å². The Labute approximate surface area is 182 Å². The molecule has 0 saturated heterocycles. The molecule has 3 heterocycles. The van der Waals surface area contributed by atoms with Crippen molar-refractivity contribution in [2.45, 2.75) is 20.1 Å². The van der Waals surface area contributed by atoms with E-state index in [0.717, 1.165) is 0 Å². The lowest BCUT2D eigenvalue weighted by molar-refractivity contribution is -0.139. The summed E-state index contributed by atoms with van der Waals surface area (Å²) >= 11 is 0. The second kappa shape index (κ2) is 10.1. The number of nitrogens with zero attached hydrogens (tertiary/aromatic N) is 5. The van der Waals surface area contributed by atoms with Gasteiger partial charge in [-0.2, -0.15) is 0 Å². The van der Waals surface area contributed by atoms with Gasteiger partial charge in [-0.1, -0.05) is 11.8 Å². The lowest BCUT2D eigenvalue weighted by Crippen LogP contribution is -2.12. The number of rotatable bonds is 9. The zero-order valence-corrected chi connectivity index (χ0v) is 17.1. The maximum atomic E-state index is 12.4. The zero-order chi connectivity index (χ0) is 23.1. The van der Waals surface area contributed by atoms with Crippen molar-refractivity contribution in [3.8, 4) is 11.4 Å². The number of esters is 2. The van der Waals surface area contributed by atoms with Crippen LogP contribution in [0.15, 0.2) is 55.0 Å². The molecule has 0 aliphatic carbocycles. The molecule has 0 saturated carbocycles. The Kier molecular flexibility index (Phi) is 7.01. The van der Waals surface area contributed by atoms with Crippen LogP contribution in [0.25, 0.3) is 11.4 Å². The first kappa shape index (κ1) is 22.3. The minimum atomic E-state index is -1.09. The van der Waals surface area contributed by atoms with Gasteiger partial charge in [0.2, 0.25) is 0 Å². The lowest BCUT2D eigenvalue weighted by atomic mass is 10.1. The summed E-state index contributed by atoms with van der Waals surface area (Å²) < 4.78 is 11.7. The molecule has 0 amide bonds. The third kappa shape index (κ3) is 5.81. The molecule has 11 heteroatoms. The second-order valence-corrected chi connectivity index (χ2v) is 6.63. The topological polar surface area (TPSA) is 146 Å². The van der Waals surface area contributed by atoms with Gasteiger partial charge in [-0.05, 0) is 31.2 Å². The fourth-order valence-corrected chi connectivity index (χ4v) is 2.49. The van der Waals surface area contributed by atoms with Gasteiger partial charge in [0.25, 0.3) is 0 Å². The maximum Gasteiger partial charge on any atom is 0.338 e. The summed E-state index contributed by atoms with van der Waals surface area (Å²) in [7, 11) is 0. The van der Waals surface area contributed by atoms with Crippen LogP contribution in [0.4, 0.5) is 0 Å². The Morgan fingerprint density at radius 1 is 1.06 bits per heavy atom. The number of carboxylic acid groups (broad SMARTS) is 1. The predicted molar refractivity (Wildman–Crippen MR) is 109 cm³/mol. The van der Waals surface area contributed by atoms with Crippen molar-refractivity contribution >= 4 is 17.9 Å². The molecule has 3 rings (SSSR count). The smallest absolute Gasteiger partial charge is 0.338 e. The summed E-state index contributed by atoms with van der Waals surface area (Å²) in [4.78, 5) is 43.1. The Morgan fingerprint density at radius 2 is 1.72 bits per heavy atom. The molecule has 0 aliphatic rings. The van der Waals surface area contributed by atoms with Gasteiger partial charge in [-0.25, -0.2) is 19.1 Å². The molecule has 0 fully saturated rings. The van der Waals surface area contributed by atoms with Crippen LogP contribution in [0.1, 0.15) is 33.3 Å². The molecule has 1 N–H and O–H groups in total. The largest absolute Gasteiger partial charge is 0.478 e. The molecule has 0 bridgehead atoms. The second-order valence-electron chi connectivity index (χ2n) is 6.63. The van der Waals surface area contributed by atoms with E-state index in [-0.39, 0.29) is 30.9 Å². The number of ether oxygens (including phenoxy) is 2. The summed E-state index contributed by atoms with van der Waals surface area (Å²) in [5.74, 6) is -2.19. The van der Waals surface area contributed by atoms with E-state index in [2.05, 4.69) is 26.9 Å². The maximum absolute atomic E-state index is 12.4. The standard InChI is InChI=1S/C21H19N5O6/c1-13(2)20(29)31-8-7-26-11-16(24-25-26)12-32-21(30)15-4-6-23-18(10-15)17-9-14(19(27)28)3-5-22-17/h3-6,9-11H,1,7-8,12H2,2H3,(H,27,28). The van der Waals surface area contributed by atoms with Crippen molar-refractivity contribution in [1.82, 2.24) is 25.0 Å². The van der Waals surface area contributed by atoms with Crippen LogP contribution in [-0.4, -0.2) is 54.6 Å². The third-order valence-electron chi connectivity index (χ3n) is 4.10. The van der Waals surface area contributed by atoms with Gasteiger partial charge < -0.3 is 14.6 Å². The van der Waals surface area contributed by atoms with Crippen LogP contribution >= 0.6 is 0 Å². The van der Waals surface area contributed by atoms with E-state index in [0.29, 0.717) is 22.7 Å². The molecule has 0 unspecified atom stereocenters. The summed E-state index contributed by atoms with van der Waals surface area (Å²) in [6.07, 6.45) is 4.33. The van der Waals surface area contributed by atoms with Crippen molar-refractivity contribution in [2.24, 2.45) is 0 Å². The average Bonchev–Trinajstić information content (AvgIpc) is 3.25. The Balaban J connectivity index is 1.58. The van der Waals surface area contributed by atoms with E-state index in [9.17, 15) is 14.4 Å². The molecule has 0 radical (unpaired) electrons. The SMILES string of the molecule is C=C(C)C(=O)OCCn1cc(COC(=O)c2ccnc(-c3cc(C(=O)O)ccn3)c2)nn1. The molecular weight excluding hydrogens is 418 g/mol. The highest BCUT2D eigenvalue weighted by molar-refractivity contribution is 5.91. The normalized spacial score (nSPS) is 10.4. The van der Waals surface area contributed by atoms with Crippen LogP contribution in [0.3, 0.4) is 0 Å². The van der Waals surface area contributed by atoms with Crippen molar-refractivity contribution in [3.05, 3.63) is 71.8 Å². The fourth-order valence-electron chi connectivity index (χ4n) is 2.49. The van der Waals surface area contributed by atoms with Gasteiger partial charge in [0.05, 0.1) is 35.3 Å². The third-order valence-corrected chi connectivity index (χ3v) is 4.10. The predicted octanol–water partition coefficient (Wildman–Crippen LogP) is 1.91. The Morgan fingerprint density at radius 3 is 2.38 bits per heavy atom. The van der Waals surface area contributed by atoms with Crippen LogP contribution in [0.5, 0.6) is 0 Å². The molecule has 3 aromatic heterocycles. The van der Waals surface area contributed by atoms with E-state index in [1.165, 1.54) is 41.3 Å². The number of carbonyl (C=O) groups excluding carboxylic acids is 2. The zero-order valence-electron chi connectivity index (χ0n) is 17.1. The number of aromatic nitrogens is 5. The van der Waals surface area contributed by atoms with Crippen LogP contribution in [-0.2, 0) is 27.4 Å². The number of carbonyl (C=O) groups is 3. The molecule has 0 spiro atoms. The Hall–Kier alpha value is -4.41. The molecule has 164 valence electrons. The van der Waals surface area contributed by atoms with Gasteiger partial charge in [0.1, 0.15) is 18.9 Å². The first-order valence-electron chi connectivity index (χ1n) is 9.38. The number of hydrogen-bond acceptors (Lipinski definition) is 9. The summed E-state index contributed by atoms with van der Waals surface area (Å²) in [5, 5.41) is 16.9. The highest BCUT2D eigenvalue weighted by Crippen LogP contribution is 2.17. The average molecular weight is 437 g/mol. The first-order chi connectivity index (χ1) is 15.3. The molecular formula is C21H19N5O6. The van der Waals surface area contributed by atoms with Crippen LogP contribution < -0.4 is 0 Å². The van der Waals surface area contributed by atoms with E-state index >= 15 is 0 Å². The number of carboxylic acids is 1. The fraction of sp³-hybridized carbons (Fsp3) is 0.190. The van der Waals surface area contributed by atoms with E-state index in [1.54, 1.807) is 13.1 Å². The van der Waals surface area contributed by atoms with Crippen molar-refractivity contribution in [2.75, 3.05) is 6.61 Å². The molecule has 0 aromatic carbocycles. The van der Waals surface area contributed by atoms with Crippen molar-refractivity contribution in [1.29, 1.82) is 0 Å². The molecule has 0 atom stereocenters. The molecule has 0 aliphatic heterocycles. The number of aromatic carboxylic acids is 1. The van der Waals surface area contributed by atoms with Gasteiger partial charge in [0, 0.05) is 18.0 Å². The highest BCUT2D eigenvalue weighted by Gasteiger charge is 2.13. The van der Waals surface area contributed by atoms with Gasteiger partial charge in [-0.15, -0.1) is 5.10 Å². The number of pyridine rings is 2. The van der Waals surface area contributed by atoms with Crippen LogP contribution in [0, 0.1) is 0 Å². The summed E-state index contributed by atoms with van der Waals surface area (Å²) in [6, 6.07) is 5.66. The Bertz CT molecular complexity index is 1170. The first-order valence-corrected chi connectivity index (χ1v) is 9.38. The minimum Gasteiger partial charge on any atom is -0.478 e. The summed E-state index contributed by atoms with van der Waals surface area (Å²) in [5.41, 5.74) is 1.64. The minimum absolute atomic E-state index is 0.0576. The number of hydrogen-bond donors (Lipinski definition) is 1. The van der Waals surface area contributed by atoms with E-state index in [1.807, 2.05) is 0 Å². The summed E-state index contributed by atoms with van der Waals surface area (Å²) in [6.45, 7) is 5.32. The highest BCUT2D eigenvalue weighted by atomic mass is 16.5. The van der Waals surface area contributed by atoms with Crippen molar-refractivity contribution in [3.63, 3.8) is 0 Å². The molecule has 3 aromatic rings. The van der Waals surface area contributed by atoms with Gasteiger partial charge in [-0.3, -0.25) is 9.97 Å². The molecule has 32 heavy (non-hydrogen) atoms. The van der Waals surface area contributed by atoms with Crippen LogP contribution in [0.2, 0.25) is 0 Å². The van der Waals surface area contributed by atoms with Crippen molar-refractivity contribution < 1.29 is 29.0 Å². The van der Waals surface area contributed by atoms with Gasteiger partial charge >= 0.3 is 17.9 Å². The monoisotopic (exact) mass is 437 g/mol.